The van der Waals surface area contributed by atoms with Crippen LogP contribution in [0.4, 0.5) is 0 Å². The van der Waals surface area contributed by atoms with Gasteiger partial charge in [-0.3, -0.25) is 14.2 Å². The SMILES string of the molecule is CCOC(=O)/C=c1\sc(=Cc2ccccc2OC)c(=O)n1CC(=O)N1CCOCC1. The van der Waals surface area contributed by atoms with E-state index in [1.165, 1.54) is 10.6 Å². The van der Waals surface area contributed by atoms with Gasteiger partial charge >= 0.3 is 5.97 Å². The average molecular weight is 432 g/mol. The van der Waals surface area contributed by atoms with Gasteiger partial charge in [-0.05, 0) is 19.1 Å². The summed E-state index contributed by atoms with van der Waals surface area (Å²) in [5.74, 6) is -0.132. The molecule has 1 saturated heterocycles. The number of aromatic nitrogens is 1. The molecule has 2 aromatic rings. The summed E-state index contributed by atoms with van der Waals surface area (Å²) < 4.78 is 17.7. The van der Waals surface area contributed by atoms with Gasteiger partial charge in [-0.1, -0.05) is 18.2 Å². The molecule has 0 unspecified atom stereocenters. The summed E-state index contributed by atoms with van der Waals surface area (Å²) in [7, 11) is 1.56. The van der Waals surface area contributed by atoms with Crippen LogP contribution in [0.2, 0.25) is 0 Å². The number of ether oxygens (including phenoxy) is 3. The van der Waals surface area contributed by atoms with E-state index in [1.54, 1.807) is 31.1 Å². The quantitative estimate of drug-likeness (QED) is 0.595. The number of morpholine rings is 1. The number of amides is 1. The van der Waals surface area contributed by atoms with Crippen LogP contribution in [-0.4, -0.2) is 61.4 Å². The maximum atomic E-state index is 13.1. The van der Waals surface area contributed by atoms with Gasteiger partial charge in [-0.2, -0.15) is 0 Å². The number of nitrogens with zero attached hydrogens (tertiary/aromatic N) is 2. The minimum Gasteiger partial charge on any atom is -0.496 e. The number of thiazole rings is 1. The largest absolute Gasteiger partial charge is 0.496 e. The van der Waals surface area contributed by atoms with Crippen molar-refractivity contribution in [3.63, 3.8) is 0 Å². The predicted octanol–water partition coefficient (Wildman–Crippen LogP) is -0.0504. The number of hydrogen-bond acceptors (Lipinski definition) is 7. The third-order valence-electron chi connectivity index (χ3n) is 4.55. The molecule has 0 saturated carbocycles. The van der Waals surface area contributed by atoms with Crippen molar-refractivity contribution in [3.05, 3.63) is 49.4 Å². The van der Waals surface area contributed by atoms with Crippen LogP contribution < -0.4 is 19.5 Å². The maximum absolute atomic E-state index is 13.1. The topological polar surface area (TPSA) is 87.1 Å². The minimum atomic E-state index is -0.560. The molecule has 1 aromatic carbocycles. The normalized spacial score (nSPS) is 15.3. The van der Waals surface area contributed by atoms with Crippen LogP contribution in [0, 0.1) is 0 Å². The number of carbonyl (C=O) groups is 2. The zero-order valence-corrected chi connectivity index (χ0v) is 17.8. The van der Waals surface area contributed by atoms with E-state index in [1.807, 2.05) is 18.2 Å². The first-order valence-electron chi connectivity index (χ1n) is 9.62. The van der Waals surface area contributed by atoms with Crippen LogP contribution in [0.25, 0.3) is 12.2 Å². The summed E-state index contributed by atoms with van der Waals surface area (Å²) in [6.07, 6.45) is 2.95. The number of rotatable bonds is 6. The highest BCUT2D eigenvalue weighted by atomic mass is 32.1. The highest BCUT2D eigenvalue weighted by Crippen LogP contribution is 2.17. The smallest absolute Gasteiger partial charge is 0.333 e. The van der Waals surface area contributed by atoms with Gasteiger partial charge in [0.25, 0.3) is 5.56 Å². The Kier molecular flexibility index (Phi) is 7.42. The Morgan fingerprint density at radius 2 is 1.97 bits per heavy atom. The molecule has 0 radical (unpaired) electrons. The monoisotopic (exact) mass is 432 g/mol. The first kappa shape index (κ1) is 21.8. The molecule has 0 spiro atoms. The molecule has 8 nitrogen and oxygen atoms in total. The molecule has 0 aliphatic carbocycles. The molecule has 1 aromatic heterocycles. The van der Waals surface area contributed by atoms with Gasteiger partial charge in [0.1, 0.15) is 17.0 Å². The second kappa shape index (κ2) is 10.2. The zero-order valence-electron chi connectivity index (χ0n) is 17.0. The molecule has 2 heterocycles. The Bertz CT molecular complexity index is 1080. The second-order valence-corrected chi connectivity index (χ2v) is 7.53. The molecular weight excluding hydrogens is 408 g/mol. The van der Waals surface area contributed by atoms with Gasteiger partial charge in [0.15, 0.2) is 0 Å². The van der Waals surface area contributed by atoms with E-state index in [2.05, 4.69) is 0 Å². The van der Waals surface area contributed by atoms with Crippen molar-refractivity contribution in [2.75, 3.05) is 40.0 Å². The standard InChI is InChI=1S/C21H24N2O6S/c1-3-29-20(25)13-19-23(14-18(24)22-8-10-28-11-9-22)21(26)17(30-19)12-15-6-4-5-7-16(15)27-2/h4-7,12-13H,3,8-11,14H2,1-2H3/b17-12?,19-13-. The first-order valence-corrected chi connectivity index (χ1v) is 10.4. The lowest BCUT2D eigenvalue weighted by molar-refractivity contribution is -0.136. The van der Waals surface area contributed by atoms with E-state index in [0.29, 0.717) is 41.2 Å². The van der Waals surface area contributed by atoms with E-state index in [0.717, 1.165) is 16.9 Å². The van der Waals surface area contributed by atoms with Crippen LogP contribution in [-0.2, 0) is 25.6 Å². The lowest BCUT2D eigenvalue weighted by Crippen LogP contribution is -2.45. The fourth-order valence-electron chi connectivity index (χ4n) is 3.05. The summed E-state index contributed by atoms with van der Waals surface area (Å²) in [5, 5.41) is 0. The molecule has 160 valence electrons. The van der Waals surface area contributed by atoms with Crippen molar-refractivity contribution in [1.29, 1.82) is 0 Å². The molecular formula is C21H24N2O6S. The van der Waals surface area contributed by atoms with Gasteiger partial charge < -0.3 is 19.1 Å². The highest BCUT2D eigenvalue weighted by molar-refractivity contribution is 7.07. The Morgan fingerprint density at radius 3 is 2.67 bits per heavy atom. The van der Waals surface area contributed by atoms with Crippen molar-refractivity contribution in [1.82, 2.24) is 9.47 Å². The molecule has 3 rings (SSSR count). The van der Waals surface area contributed by atoms with Crippen molar-refractivity contribution >= 4 is 35.4 Å². The van der Waals surface area contributed by atoms with Crippen molar-refractivity contribution < 1.29 is 23.8 Å². The molecule has 0 atom stereocenters. The number of para-hydroxylation sites is 1. The number of esters is 1. The number of benzene rings is 1. The summed E-state index contributed by atoms with van der Waals surface area (Å²) in [6, 6.07) is 7.31. The van der Waals surface area contributed by atoms with Crippen LogP contribution >= 0.6 is 11.3 Å². The summed E-state index contributed by atoms with van der Waals surface area (Å²) in [6.45, 7) is 3.68. The molecule has 0 N–H and O–H groups in total. The molecule has 0 bridgehead atoms. The molecule has 1 amide bonds. The summed E-state index contributed by atoms with van der Waals surface area (Å²) in [4.78, 5) is 39.5. The van der Waals surface area contributed by atoms with E-state index < -0.39 is 5.97 Å². The van der Waals surface area contributed by atoms with Gasteiger partial charge in [-0.15, -0.1) is 11.3 Å². The number of hydrogen-bond donors (Lipinski definition) is 0. The van der Waals surface area contributed by atoms with Crippen molar-refractivity contribution in [2.24, 2.45) is 0 Å². The van der Waals surface area contributed by atoms with Gasteiger partial charge in [0.2, 0.25) is 5.91 Å². The van der Waals surface area contributed by atoms with Crippen molar-refractivity contribution in [3.8, 4) is 5.75 Å². The fourth-order valence-corrected chi connectivity index (χ4v) is 4.07. The Morgan fingerprint density at radius 1 is 1.23 bits per heavy atom. The van der Waals surface area contributed by atoms with E-state index in [-0.39, 0.29) is 24.6 Å². The molecule has 1 fully saturated rings. The van der Waals surface area contributed by atoms with E-state index in [9.17, 15) is 14.4 Å². The molecule has 1 aliphatic heterocycles. The Labute approximate surface area is 177 Å². The lowest BCUT2D eigenvalue weighted by atomic mass is 10.2. The molecule has 9 heteroatoms. The number of carbonyl (C=O) groups excluding carboxylic acids is 2. The van der Waals surface area contributed by atoms with Crippen LogP contribution in [0.15, 0.2) is 29.1 Å². The van der Waals surface area contributed by atoms with Crippen LogP contribution in [0.3, 0.4) is 0 Å². The maximum Gasteiger partial charge on any atom is 0.333 e. The van der Waals surface area contributed by atoms with Crippen molar-refractivity contribution in [2.45, 2.75) is 13.5 Å². The van der Waals surface area contributed by atoms with Gasteiger partial charge in [0.05, 0.1) is 37.5 Å². The molecule has 1 aliphatic rings. The third kappa shape index (κ3) is 5.17. The predicted molar refractivity (Wildman–Crippen MR) is 113 cm³/mol. The van der Waals surface area contributed by atoms with E-state index in [4.69, 9.17) is 14.2 Å². The minimum absolute atomic E-state index is 0.152. The summed E-state index contributed by atoms with van der Waals surface area (Å²) in [5.41, 5.74) is 0.385. The number of methoxy groups -OCH3 is 1. The second-order valence-electron chi connectivity index (χ2n) is 6.47. The fraction of sp³-hybridized carbons (Fsp3) is 0.381. The highest BCUT2D eigenvalue weighted by Gasteiger charge is 2.19. The lowest BCUT2D eigenvalue weighted by Gasteiger charge is -2.26. The molecule has 30 heavy (non-hydrogen) atoms. The third-order valence-corrected chi connectivity index (χ3v) is 5.61. The van der Waals surface area contributed by atoms with Gasteiger partial charge in [-0.25, -0.2) is 4.79 Å². The van der Waals surface area contributed by atoms with Crippen LogP contribution in [0.1, 0.15) is 12.5 Å². The first-order chi connectivity index (χ1) is 14.5. The van der Waals surface area contributed by atoms with Crippen LogP contribution in [0.5, 0.6) is 5.75 Å². The van der Waals surface area contributed by atoms with E-state index >= 15 is 0 Å². The van der Waals surface area contributed by atoms with Gasteiger partial charge in [0, 0.05) is 18.7 Å². The average Bonchev–Trinajstić information content (AvgIpc) is 3.03. The summed E-state index contributed by atoms with van der Waals surface area (Å²) >= 11 is 1.13. The Balaban J connectivity index is 2.05. The zero-order chi connectivity index (χ0) is 21.5. The Hall–Kier alpha value is -2.91.